The molecule has 1 fully saturated rings. The predicted octanol–water partition coefficient (Wildman–Crippen LogP) is 3.48. The highest BCUT2D eigenvalue weighted by Gasteiger charge is 2.39. The van der Waals surface area contributed by atoms with E-state index in [0.29, 0.717) is 23.6 Å². The first-order valence-electron chi connectivity index (χ1n) is 10.4. The molecular weight excluding hydrogens is 428 g/mol. The third-order valence-electron chi connectivity index (χ3n) is 6.15. The highest BCUT2D eigenvalue weighted by Crippen LogP contribution is 2.38. The van der Waals surface area contributed by atoms with E-state index in [1.165, 1.54) is 0 Å². The molecule has 2 aromatic carbocycles. The van der Waals surface area contributed by atoms with Crippen LogP contribution in [0, 0.1) is 6.92 Å². The number of rotatable bonds is 3. The molecule has 0 aliphatic carbocycles. The van der Waals surface area contributed by atoms with Gasteiger partial charge in [0.25, 0.3) is 5.91 Å². The molecule has 0 radical (unpaired) electrons. The Bertz CT molecular complexity index is 1300. The lowest BCUT2D eigenvalue weighted by Crippen LogP contribution is -2.52. The van der Waals surface area contributed by atoms with Gasteiger partial charge in [-0.05, 0) is 48.7 Å². The van der Waals surface area contributed by atoms with Gasteiger partial charge in [-0.15, -0.1) is 0 Å². The number of aryl methyl sites for hydroxylation is 2. The van der Waals surface area contributed by atoms with Crippen LogP contribution in [0.15, 0.2) is 42.6 Å². The van der Waals surface area contributed by atoms with E-state index in [9.17, 15) is 14.4 Å². The first-order chi connectivity index (χ1) is 15.3. The Balaban J connectivity index is 1.52. The molecule has 1 saturated heterocycles. The van der Waals surface area contributed by atoms with Crippen molar-refractivity contribution in [2.24, 2.45) is 7.05 Å². The van der Waals surface area contributed by atoms with Gasteiger partial charge in [-0.1, -0.05) is 29.3 Å². The fourth-order valence-corrected chi connectivity index (χ4v) is 4.74. The summed E-state index contributed by atoms with van der Waals surface area (Å²) in [6.45, 7) is 2.34. The van der Waals surface area contributed by atoms with Crippen LogP contribution in [0.3, 0.4) is 0 Å². The lowest BCUT2D eigenvalue weighted by atomic mass is 9.97. The van der Waals surface area contributed by atoms with Crippen molar-refractivity contribution in [1.82, 2.24) is 20.0 Å². The number of fused-ring (bicyclic) bond motifs is 1. The van der Waals surface area contributed by atoms with Gasteiger partial charge in [-0.25, -0.2) is 0 Å². The molecule has 1 N–H and O–H groups in total. The Morgan fingerprint density at radius 1 is 1.06 bits per heavy atom. The van der Waals surface area contributed by atoms with Gasteiger partial charge in [0.1, 0.15) is 6.04 Å². The largest absolute Gasteiger partial charge is 0.322 e. The minimum Gasteiger partial charge on any atom is -0.322 e. The maximum Gasteiger partial charge on any atom is 0.255 e. The summed E-state index contributed by atoms with van der Waals surface area (Å²) in [6, 6.07) is 10.9. The van der Waals surface area contributed by atoms with Crippen LogP contribution >= 0.6 is 11.6 Å². The first kappa shape index (κ1) is 20.5. The molecule has 7 nitrogen and oxygen atoms in total. The minimum atomic E-state index is -0.629. The molecule has 3 aromatic rings. The van der Waals surface area contributed by atoms with Crippen molar-refractivity contribution in [1.29, 1.82) is 0 Å². The van der Waals surface area contributed by atoms with E-state index in [-0.39, 0.29) is 18.2 Å². The van der Waals surface area contributed by atoms with Crippen LogP contribution in [0.1, 0.15) is 34.3 Å². The molecule has 1 unspecified atom stereocenters. The van der Waals surface area contributed by atoms with Gasteiger partial charge in [-0.3, -0.25) is 24.4 Å². The molecule has 0 bridgehead atoms. The molecule has 2 aliphatic heterocycles. The van der Waals surface area contributed by atoms with Crippen molar-refractivity contribution in [3.05, 3.63) is 64.3 Å². The smallest absolute Gasteiger partial charge is 0.255 e. The van der Waals surface area contributed by atoms with Crippen molar-refractivity contribution >= 4 is 29.3 Å². The lowest BCUT2D eigenvalue weighted by molar-refractivity contribution is -0.136. The number of amides is 3. The molecule has 0 spiro atoms. The summed E-state index contributed by atoms with van der Waals surface area (Å²) in [7, 11) is 1.87. The average Bonchev–Trinajstić information content (AvgIpc) is 3.29. The zero-order valence-electron chi connectivity index (χ0n) is 17.7. The molecule has 0 saturated carbocycles. The Hall–Kier alpha value is -3.45. The zero-order chi connectivity index (χ0) is 22.6. The van der Waals surface area contributed by atoms with Gasteiger partial charge < -0.3 is 4.90 Å². The van der Waals surface area contributed by atoms with Crippen molar-refractivity contribution in [3.8, 4) is 22.4 Å². The molecule has 3 amide bonds. The van der Waals surface area contributed by atoms with Gasteiger partial charge in [0.2, 0.25) is 11.8 Å². The van der Waals surface area contributed by atoms with E-state index < -0.39 is 11.9 Å². The van der Waals surface area contributed by atoms with E-state index in [0.717, 1.165) is 33.5 Å². The fourth-order valence-electron chi connectivity index (χ4n) is 4.53. The Morgan fingerprint density at radius 2 is 1.88 bits per heavy atom. The first-order valence-corrected chi connectivity index (χ1v) is 10.8. The fraction of sp³-hybridized carbons (Fsp3) is 0.250. The molecule has 5 rings (SSSR count). The van der Waals surface area contributed by atoms with Crippen LogP contribution in [0.2, 0.25) is 5.02 Å². The quantitative estimate of drug-likeness (QED) is 0.622. The highest BCUT2D eigenvalue weighted by atomic mass is 35.5. The van der Waals surface area contributed by atoms with E-state index in [1.54, 1.807) is 21.8 Å². The van der Waals surface area contributed by atoms with Gasteiger partial charge in [0.05, 0.1) is 11.9 Å². The van der Waals surface area contributed by atoms with Crippen LogP contribution in [0.5, 0.6) is 0 Å². The average molecular weight is 449 g/mol. The summed E-state index contributed by atoms with van der Waals surface area (Å²) in [6.07, 6.45) is 2.37. The number of nitrogens with zero attached hydrogens (tertiary/aromatic N) is 3. The second-order valence-electron chi connectivity index (χ2n) is 8.29. The predicted molar refractivity (Wildman–Crippen MR) is 120 cm³/mol. The van der Waals surface area contributed by atoms with Gasteiger partial charge in [0.15, 0.2) is 0 Å². The molecule has 8 heteroatoms. The number of aromatic nitrogens is 2. The van der Waals surface area contributed by atoms with Crippen LogP contribution in [-0.4, -0.2) is 38.4 Å². The zero-order valence-corrected chi connectivity index (χ0v) is 18.4. The highest BCUT2D eigenvalue weighted by molar-refractivity contribution is 6.33. The Labute approximate surface area is 190 Å². The van der Waals surface area contributed by atoms with Crippen molar-refractivity contribution in [3.63, 3.8) is 0 Å². The number of imide groups is 1. The van der Waals surface area contributed by atoms with Crippen molar-refractivity contribution < 1.29 is 14.4 Å². The number of carbonyl (C=O) groups is 3. The maximum absolute atomic E-state index is 13.0. The summed E-state index contributed by atoms with van der Waals surface area (Å²) in [4.78, 5) is 38.3. The van der Waals surface area contributed by atoms with Crippen molar-refractivity contribution in [2.75, 3.05) is 0 Å². The number of piperidine rings is 1. The van der Waals surface area contributed by atoms with E-state index in [4.69, 9.17) is 11.6 Å². The van der Waals surface area contributed by atoms with E-state index >= 15 is 0 Å². The van der Waals surface area contributed by atoms with Gasteiger partial charge >= 0.3 is 0 Å². The number of carbonyl (C=O) groups excluding carboxylic acids is 3. The number of halogens is 1. The van der Waals surface area contributed by atoms with Crippen molar-refractivity contribution in [2.45, 2.75) is 32.4 Å². The third kappa shape index (κ3) is 3.29. The number of hydrogen-bond acceptors (Lipinski definition) is 4. The summed E-state index contributed by atoms with van der Waals surface area (Å²) in [5.74, 6) is -0.892. The monoisotopic (exact) mass is 448 g/mol. The standard InChI is InChI=1S/C24H21ClN4O3/c1-13-3-6-19(25)17(9-13)22-18(11-26-28(22)2)14-4-5-16-15(10-14)12-29(24(16)32)20-7-8-21(30)27-23(20)31/h3-6,9-11,20H,7-8,12H2,1-2H3,(H,27,30,31). The maximum atomic E-state index is 13.0. The SMILES string of the molecule is Cc1ccc(Cl)c(-c2c(-c3ccc4c(c3)CN(C3CCC(=O)NC3=O)C4=O)cnn2C)c1. The molecule has 1 aromatic heterocycles. The van der Waals surface area contributed by atoms with Crippen LogP contribution in [0.25, 0.3) is 22.4 Å². The number of nitrogens with one attached hydrogen (secondary N) is 1. The topological polar surface area (TPSA) is 84.3 Å². The third-order valence-corrected chi connectivity index (χ3v) is 6.48. The van der Waals surface area contributed by atoms with Gasteiger partial charge in [0, 0.05) is 41.7 Å². The normalized spacial score (nSPS) is 18.2. The summed E-state index contributed by atoms with van der Waals surface area (Å²) in [5.41, 5.74) is 6.14. The van der Waals surface area contributed by atoms with Crippen LogP contribution in [-0.2, 0) is 23.2 Å². The summed E-state index contributed by atoms with van der Waals surface area (Å²) in [5, 5.41) is 7.42. The molecule has 32 heavy (non-hydrogen) atoms. The van der Waals surface area contributed by atoms with Crippen LogP contribution in [0.4, 0.5) is 0 Å². The van der Waals surface area contributed by atoms with Crippen LogP contribution < -0.4 is 5.32 Å². The minimum absolute atomic E-state index is 0.186. The Kier molecular flexibility index (Phi) is 4.86. The second kappa shape index (κ2) is 7.60. The lowest BCUT2D eigenvalue weighted by Gasteiger charge is -2.29. The Morgan fingerprint density at radius 3 is 2.66 bits per heavy atom. The summed E-state index contributed by atoms with van der Waals surface area (Å²) >= 11 is 6.51. The van der Waals surface area contributed by atoms with E-state index in [2.05, 4.69) is 10.4 Å². The molecule has 1 atom stereocenters. The molecule has 162 valence electrons. The van der Waals surface area contributed by atoms with Gasteiger partial charge in [-0.2, -0.15) is 5.10 Å². The number of benzene rings is 2. The van der Waals surface area contributed by atoms with E-state index in [1.807, 2.05) is 44.3 Å². The molecule has 2 aliphatic rings. The molecular formula is C24H21ClN4O3. The number of hydrogen-bond donors (Lipinski definition) is 1. The second-order valence-corrected chi connectivity index (χ2v) is 8.69. The molecule has 3 heterocycles. The summed E-state index contributed by atoms with van der Waals surface area (Å²) < 4.78 is 1.80.